The van der Waals surface area contributed by atoms with Gasteiger partial charge < -0.3 is 0 Å². The van der Waals surface area contributed by atoms with Crippen molar-refractivity contribution in [2.75, 3.05) is 12.5 Å². The third-order valence-electron chi connectivity index (χ3n) is 1.09. The van der Waals surface area contributed by atoms with Crippen molar-refractivity contribution < 1.29 is 0 Å². The first-order valence-electron chi connectivity index (χ1n) is 3.83. The van der Waals surface area contributed by atoms with Crippen LogP contribution in [-0.4, -0.2) is 12.5 Å². The van der Waals surface area contributed by atoms with Crippen LogP contribution >= 0.6 is 21.6 Å². The monoisotopic (exact) mass is 190 g/mol. The van der Waals surface area contributed by atoms with E-state index in [1.807, 2.05) is 0 Å². The summed E-state index contributed by atoms with van der Waals surface area (Å²) in [6, 6.07) is 0. The van der Waals surface area contributed by atoms with Crippen LogP contribution in [0.3, 0.4) is 0 Å². The van der Waals surface area contributed by atoms with E-state index in [1.54, 1.807) is 21.6 Å². The molecule has 0 aliphatic carbocycles. The van der Waals surface area contributed by atoms with E-state index < -0.39 is 0 Å². The molecule has 0 aromatic rings. The highest BCUT2D eigenvalue weighted by molar-refractivity contribution is 8.76. The Labute approximate surface area is 79.3 Å². The summed E-state index contributed by atoms with van der Waals surface area (Å²) in [5.74, 6) is 2.60. The number of rotatable bonds is 4. The van der Waals surface area contributed by atoms with Crippen molar-refractivity contribution in [3.8, 4) is 12.3 Å². The lowest BCUT2D eigenvalue weighted by Crippen LogP contribution is -1.68. The molecule has 0 amide bonds. The van der Waals surface area contributed by atoms with Gasteiger partial charge in [0, 0.05) is 6.42 Å². The van der Waals surface area contributed by atoms with E-state index in [0.717, 1.165) is 6.42 Å². The smallest absolute Gasteiger partial charge is 0.00860 e. The second-order valence-electron chi connectivity index (χ2n) is 1.99. The molecule has 0 fully saturated rings. The fourth-order valence-electron chi connectivity index (χ4n) is 0.477. The molecule has 0 aromatic carbocycles. The summed E-state index contributed by atoms with van der Waals surface area (Å²) in [5.41, 5.74) is 0. The Bertz CT molecular complexity index is 82.1. The van der Waals surface area contributed by atoms with Gasteiger partial charge in [0.15, 0.2) is 0 Å². The van der Waals surface area contributed by atoms with Crippen molar-refractivity contribution >= 4 is 21.6 Å². The molecule has 0 atom stereocenters. The summed E-state index contributed by atoms with van der Waals surface area (Å²) < 4.78 is 0. The minimum atomic E-state index is 0.952. The van der Waals surface area contributed by atoms with E-state index in [1.165, 1.54) is 19.3 Å². The Hall–Kier alpha value is 0.260. The fourth-order valence-corrected chi connectivity index (χ4v) is 0.477. The van der Waals surface area contributed by atoms with Crippen LogP contribution in [0, 0.1) is 12.3 Å². The first-order chi connectivity index (χ1) is 5.33. The molecule has 11 heavy (non-hydrogen) atoms. The Kier molecular flexibility index (Phi) is 21.0. The zero-order valence-electron chi connectivity index (χ0n) is 7.72. The van der Waals surface area contributed by atoms with Crippen molar-refractivity contribution in [2.24, 2.45) is 0 Å². The van der Waals surface area contributed by atoms with Gasteiger partial charge in [-0.15, -0.1) is 12.3 Å². The molecule has 0 nitrogen and oxygen atoms in total. The third-order valence-corrected chi connectivity index (χ3v) is 2.42. The molecule has 0 bridgehead atoms. The summed E-state index contributed by atoms with van der Waals surface area (Å²) >= 11 is 0. The minimum Gasteiger partial charge on any atom is -0.120 e. The lowest BCUT2D eigenvalue weighted by Gasteiger charge is -1.86. The van der Waals surface area contributed by atoms with Gasteiger partial charge in [0.1, 0.15) is 0 Å². The van der Waals surface area contributed by atoms with Crippen LogP contribution in [0.2, 0.25) is 0 Å². The predicted molar refractivity (Wildman–Crippen MR) is 60.0 cm³/mol. The van der Waals surface area contributed by atoms with Crippen molar-refractivity contribution in [2.45, 2.75) is 32.6 Å². The topological polar surface area (TPSA) is 0 Å². The maximum absolute atomic E-state index is 5.02. The van der Waals surface area contributed by atoms with Gasteiger partial charge in [-0.3, -0.25) is 0 Å². The maximum atomic E-state index is 5.02. The number of hydrogen-bond donors (Lipinski definition) is 0. The molecule has 0 rings (SSSR count). The van der Waals surface area contributed by atoms with E-state index in [-0.39, 0.29) is 0 Å². The minimum absolute atomic E-state index is 0.952. The van der Waals surface area contributed by atoms with Crippen molar-refractivity contribution in [1.82, 2.24) is 0 Å². The molecule has 0 spiro atoms. The molecule has 0 aliphatic heterocycles. The first-order valence-corrected chi connectivity index (χ1v) is 6.80. The summed E-state index contributed by atoms with van der Waals surface area (Å²) in [6.07, 6.45) is 13.8. The zero-order valence-corrected chi connectivity index (χ0v) is 9.36. The first kappa shape index (κ1) is 13.8. The molecule has 0 saturated carbocycles. The molecule has 0 N–H and O–H groups in total. The van der Waals surface area contributed by atoms with E-state index in [0.29, 0.717) is 0 Å². The SMILES string of the molecule is C#CCCCCC.CSSC. The Morgan fingerprint density at radius 2 is 1.73 bits per heavy atom. The van der Waals surface area contributed by atoms with Gasteiger partial charge in [-0.05, 0) is 18.9 Å². The summed E-state index contributed by atoms with van der Waals surface area (Å²) in [6.45, 7) is 2.18. The predicted octanol–water partition coefficient (Wildman–Crippen LogP) is 3.83. The standard InChI is InChI=1S/C7H12.C2H6S2/c1-3-5-7-6-4-2;1-3-4-2/h1H,4-7H2,2H3;1-2H3. The van der Waals surface area contributed by atoms with E-state index in [2.05, 4.69) is 25.4 Å². The van der Waals surface area contributed by atoms with Crippen LogP contribution in [0.1, 0.15) is 32.6 Å². The fraction of sp³-hybridized carbons (Fsp3) is 0.778. The molecular formula is C9H18S2. The molecule has 0 aromatic heterocycles. The molecule has 0 aliphatic rings. The second-order valence-corrected chi connectivity index (χ2v) is 4.66. The summed E-state index contributed by atoms with van der Waals surface area (Å²) in [4.78, 5) is 0. The average Bonchev–Trinajstić information content (AvgIpc) is 2.06. The largest absolute Gasteiger partial charge is 0.120 e. The molecule has 0 radical (unpaired) electrons. The molecule has 66 valence electrons. The normalized spacial score (nSPS) is 7.82. The summed E-state index contributed by atoms with van der Waals surface area (Å²) in [7, 11) is 3.55. The van der Waals surface area contributed by atoms with Gasteiger partial charge >= 0.3 is 0 Å². The van der Waals surface area contributed by atoms with Gasteiger partial charge in [-0.25, -0.2) is 0 Å². The highest BCUT2D eigenvalue weighted by Crippen LogP contribution is 2.09. The van der Waals surface area contributed by atoms with Crippen molar-refractivity contribution in [3.05, 3.63) is 0 Å². The van der Waals surface area contributed by atoms with Gasteiger partial charge in [-0.1, -0.05) is 41.4 Å². The van der Waals surface area contributed by atoms with Crippen LogP contribution in [0.25, 0.3) is 0 Å². The number of terminal acetylenes is 1. The molecule has 0 saturated heterocycles. The van der Waals surface area contributed by atoms with Gasteiger partial charge in [0.25, 0.3) is 0 Å². The Balaban J connectivity index is 0. The van der Waals surface area contributed by atoms with E-state index >= 15 is 0 Å². The quantitative estimate of drug-likeness (QED) is 0.375. The molecular weight excluding hydrogens is 172 g/mol. The van der Waals surface area contributed by atoms with Gasteiger partial charge in [0.2, 0.25) is 0 Å². The van der Waals surface area contributed by atoms with E-state index in [9.17, 15) is 0 Å². The Morgan fingerprint density at radius 1 is 1.18 bits per heavy atom. The lowest BCUT2D eigenvalue weighted by molar-refractivity contribution is 0.737. The van der Waals surface area contributed by atoms with Crippen LogP contribution in [0.4, 0.5) is 0 Å². The highest BCUT2D eigenvalue weighted by atomic mass is 33.1. The number of unbranched alkanes of at least 4 members (excludes halogenated alkanes) is 3. The van der Waals surface area contributed by atoms with Gasteiger partial charge in [-0.2, -0.15) is 0 Å². The van der Waals surface area contributed by atoms with Crippen molar-refractivity contribution in [3.63, 3.8) is 0 Å². The maximum Gasteiger partial charge on any atom is 0.00860 e. The number of hydrogen-bond acceptors (Lipinski definition) is 2. The van der Waals surface area contributed by atoms with Crippen LogP contribution in [0.5, 0.6) is 0 Å². The van der Waals surface area contributed by atoms with Crippen molar-refractivity contribution in [1.29, 1.82) is 0 Å². The van der Waals surface area contributed by atoms with E-state index in [4.69, 9.17) is 6.42 Å². The van der Waals surface area contributed by atoms with Gasteiger partial charge in [0.05, 0.1) is 0 Å². The zero-order chi connectivity index (χ0) is 8.95. The second kappa shape index (κ2) is 16.7. The highest BCUT2D eigenvalue weighted by Gasteiger charge is 1.77. The van der Waals surface area contributed by atoms with Crippen LogP contribution in [0.15, 0.2) is 0 Å². The lowest BCUT2D eigenvalue weighted by atomic mass is 10.2. The molecule has 2 heteroatoms. The summed E-state index contributed by atoms with van der Waals surface area (Å²) in [5, 5.41) is 0. The average molecular weight is 190 g/mol. The molecule has 0 heterocycles. The molecule has 0 unspecified atom stereocenters. The van der Waals surface area contributed by atoms with Crippen LogP contribution < -0.4 is 0 Å². The Morgan fingerprint density at radius 3 is 2.00 bits per heavy atom. The van der Waals surface area contributed by atoms with Crippen LogP contribution in [-0.2, 0) is 0 Å². The third kappa shape index (κ3) is 25.3.